The summed E-state index contributed by atoms with van der Waals surface area (Å²) in [5.74, 6) is -0.845. The van der Waals surface area contributed by atoms with Gasteiger partial charge in [0.15, 0.2) is 6.04 Å². The Morgan fingerprint density at radius 3 is 2.92 bits per heavy atom. The fourth-order valence-electron chi connectivity index (χ4n) is 3.19. The fraction of sp³-hybridized carbons (Fsp3) is 0.222. The van der Waals surface area contributed by atoms with Crippen LogP contribution in [0.1, 0.15) is 22.3 Å². The van der Waals surface area contributed by atoms with Crippen molar-refractivity contribution in [1.29, 1.82) is 0 Å². The zero-order chi connectivity index (χ0) is 16.5. The molecule has 6 heteroatoms. The molecule has 0 amide bonds. The van der Waals surface area contributed by atoms with Gasteiger partial charge >= 0.3 is 5.97 Å². The second kappa shape index (κ2) is 6.22. The molecule has 1 aliphatic rings. The standard InChI is InChI=1S/C18H17N3O2S/c22-18(23)17-16-14(19-11-20-16)8-9-21(17)10-13-6-7-15(24-13)12-4-2-1-3-5-12/h1-7,11,17H,8-10H2,(H,19,20)(H,22,23)/t17-/m1/s1. The number of carboxylic acids is 1. The molecule has 2 aromatic heterocycles. The van der Waals surface area contributed by atoms with E-state index in [-0.39, 0.29) is 0 Å². The Labute approximate surface area is 143 Å². The van der Waals surface area contributed by atoms with Gasteiger partial charge in [0.05, 0.1) is 12.0 Å². The van der Waals surface area contributed by atoms with Gasteiger partial charge in [-0.2, -0.15) is 0 Å². The van der Waals surface area contributed by atoms with Crippen LogP contribution in [-0.2, 0) is 17.8 Å². The van der Waals surface area contributed by atoms with Crippen LogP contribution in [0.2, 0.25) is 0 Å². The number of fused-ring (bicyclic) bond motifs is 1. The molecular formula is C18H17N3O2S. The van der Waals surface area contributed by atoms with E-state index < -0.39 is 12.0 Å². The first-order valence-electron chi connectivity index (χ1n) is 7.85. The van der Waals surface area contributed by atoms with Gasteiger partial charge in [-0.3, -0.25) is 9.69 Å². The minimum absolute atomic E-state index is 0.626. The zero-order valence-corrected chi connectivity index (χ0v) is 13.8. The summed E-state index contributed by atoms with van der Waals surface area (Å²) in [5.41, 5.74) is 2.78. The zero-order valence-electron chi connectivity index (χ0n) is 13.0. The summed E-state index contributed by atoms with van der Waals surface area (Å²) in [7, 11) is 0. The number of nitrogens with one attached hydrogen (secondary N) is 1. The van der Waals surface area contributed by atoms with Crippen molar-refractivity contribution >= 4 is 17.3 Å². The molecule has 0 bridgehead atoms. The topological polar surface area (TPSA) is 69.2 Å². The van der Waals surface area contributed by atoms with E-state index in [2.05, 4.69) is 34.2 Å². The van der Waals surface area contributed by atoms with Crippen LogP contribution in [0.4, 0.5) is 0 Å². The monoisotopic (exact) mass is 339 g/mol. The van der Waals surface area contributed by atoms with Crippen LogP contribution >= 0.6 is 11.3 Å². The third-order valence-corrected chi connectivity index (χ3v) is 5.46. The smallest absolute Gasteiger partial charge is 0.327 e. The summed E-state index contributed by atoms with van der Waals surface area (Å²) in [4.78, 5) is 23.4. The second-order valence-electron chi connectivity index (χ2n) is 5.86. The lowest BCUT2D eigenvalue weighted by molar-refractivity contribution is -0.144. The maximum absolute atomic E-state index is 11.8. The van der Waals surface area contributed by atoms with Crippen LogP contribution in [0.15, 0.2) is 48.8 Å². The second-order valence-corrected chi connectivity index (χ2v) is 7.03. The van der Waals surface area contributed by atoms with Gasteiger partial charge in [-0.05, 0) is 17.7 Å². The van der Waals surface area contributed by atoms with Gasteiger partial charge < -0.3 is 10.1 Å². The molecule has 4 rings (SSSR count). The maximum atomic E-state index is 11.8. The first kappa shape index (κ1) is 15.1. The van der Waals surface area contributed by atoms with Crippen molar-refractivity contribution in [3.63, 3.8) is 0 Å². The number of imidazole rings is 1. The van der Waals surface area contributed by atoms with E-state index in [1.807, 2.05) is 23.1 Å². The summed E-state index contributed by atoms with van der Waals surface area (Å²) in [6.45, 7) is 1.34. The van der Waals surface area contributed by atoms with Gasteiger partial charge in [-0.25, -0.2) is 4.98 Å². The molecule has 3 aromatic rings. The van der Waals surface area contributed by atoms with Crippen molar-refractivity contribution in [2.45, 2.75) is 19.0 Å². The third kappa shape index (κ3) is 2.74. The molecule has 0 fully saturated rings. The number of carboxylic acid groups (broad SMARTS) is 1. The number of aromatic amines is 1. The Bertz CT molecular complexity index is 856. The first-order chi connectivity index (χ1) is 11.7. The molecule has 0 unspecified atom stereocenters. The molecular weight excluding hydrogens is 322 g/mol. The summed E-state index contributed by atoms with van der Waals surface area (Å²) in [6.07, 6.45) is 2.39. The van der Waals surface area contributed by atoms with Crippen molar-refractivity contribution in [2.75, 3.05) is 6.54 Å². The molecule has 0 saturated heterocycles. The molecule has 2 N–H and O–H groups in total. The average molecular weight is 339 g/mol. The molecule has 1 aliphatic heterocycles. The Balaban J connectivity index is 1.57. The van der Waals surface area contributed by atoms with Gasteiger partial charge in [-0.15, -0.1) is 11.3 Å². The Kier molecular flexibility index (Phi) is 3.92. The summed E-state index contributed by atoms with van der Waals surface area (Å²) >= 11 is 1.71. The van der Waals surface area contributed by atoms with Gasteiger partial charge in [0.1, 0.15) is 0 Å². The Hall–Kier alpha value is -2.44. The lowest BCUT2D eigenvalue weighted by atomic mass is 10.0. The average Bonchev–Trinajstić information content (AvgIpc) is 3.24. The molecule has 0 aliphatic carbocycles. The van der Waals surface area contributed by atoms with Crippen LogP contribution in [0, 0.1) is 0 Å². The normalized spacial score (nSPS) is 17.6. The molecule has 5 nitrogen and oxygen atoms in total. The van der Waals surface area contributed by atoms with Crippen LogP contribution in [0.25, 0.3) is 10.4 Å². The SMILES string of the molecule is O=C(O)[C@H]1c2nc[nH]c2CCN1Cc1ccc(-c2ccccc2)s1. The van der Waals surface area contributed by atoms with Crippen LogP contribution < -0.4 is 0 Å². The third-order valence-electron chi connectivity index (χ3n) is 4.34. The lowest BCUT2D eigenvalue weighted by Crippen LogP contribution is -2.39. The number of H-pyrrole nitrogens is 1. The van der Waals surface area contributed by atoms with Crippen LogP contribution in [-0.4, -0.2) is 32.5 Å². The summed E-state index contributed by atoms with van der Waals surface area (Å²) in [6, 6.07) is 13.8. The molecule has 0 saturated carbocycles. The largest absolute Gasteiger partial charge is 0.480 e. The molecule has 3 heterocycles. The van der Waals surface area contributed by atoms with Crippen LogP contribution in [0.5, 0.6) is 0 Å². The summed E-state index contributed by atoms with van der Waals surface area (Å²) < 4.78 is 0. The van der Waals surface area contributed by atoms with Crippen molar-refractivity contribution < 1.29 is 9.90 Å². The van der Waals surface area contributed by atoms with Crippen molar-refractivity contribution in [3.05, 3.63) is 65.1 Å². The quantitative estimate of drug-likeness (QED) is 0.765. The van der Waals surface area contributed by atoms with E-state index in [9.17, 15) is 9.90 Å². The predicted octanol–water partition coefficient (Wildman–Crippen LogP) is 3.32. The minimum atomic E-state index is -0.845. The summed E-state index contributed by atoms with van der Waals surface area (Å²) in [5, 5.41) is 9.64. The Morgan fingerprint density at radius 1 is 1.29 bits per heavy atom. The van der Waals surface area contributed by atoms with E-state index in [1.165, 1.54) is 15.3 Å². The number of thiophene rings is 1. The number of aromatic nitrogens is 2. The Morgan fingerprint density at radius 2 is 2.12 bits per heavy atom. The highest BCUT2D eigenvalue weighted by atomic mass is 32.1. The lowest BCUT2D eigenvalue weighted by Gasteiger charge is -2.31. The number of carbonyl (C=O) groups is 1. The number of aliphatic carboxylic acids is 1. The number of benzene rings is 1. The van der Waals surface area contributed by atoms with E-state index in [1.54, 1.807) is 17.7 Å². The van der Waals surface area contributed by atoms with E-state index in [0.29, 0.717) is 18.8 Å². The molecule has 0 radical (unpaired) electrons. The molecule has 1 aromatic carbocycles. The van der Waals surface area contributed by atoms with Crippen molar-refractivity contribution in [3.8, 4) is 10.4 Å². The molecule has 0 spiro atoms. The van der Waals surface area contributed by atoms with E-state index in [4.69, 9.17) is 0 Å². The highest BCUT2D eigenvalue weighted by Gasteiger charge is 2.35. The number of hydrogen-bond acceptors (Lipinski definition) is 4. The van der Waals surface area contributed by atoms with Gasteiger partial charge in [0, 0.05) is 35.0 Å². The van der Waals surface area contributed by atoms with E-state index in [0.717, 1.165) is 12.1 Å². The van der Waals surface area contributed by atoms with Crippen molar-refractivity contribution in [2.24, 2.45) is 0 Å². The first-order valence-corrected chi connectivity index (χ1v) is 8.67. The fourth-order valence-corrected chi connectivity index (χ4v) is 4.23. The van der Waals surface area contributed by atoms with Gasteiger partial charge in [0.2, 0.25) is 0 Å². The van der Waals surface area contributed by atoms with Gasteiger partial charge in [0.25, 0.3) is 0 Å². The molecule has 1 atom stereocenters. The molecule has 122 valence electrons. The molecule has 24 heavy (non-hydrogen) atoms. The van der Waals surface area contributed by atoms with Crippen LogP contribution in [0.3, 0.4) is 0 Å². The number of rotatable bonds is 4. The predicted molar refractivity (Wildman–Crippen MR) is 92.8 cm³/mol. The van der Waals surface area contributed by atoms with E-state index >= 15 is 0 Å². The maximum Gasteiger partial charge on any atom is 0.327 e. The highest BCUT2D eigenvalue weighted by molar-refractivity contribution is 7.15. The highest BCUT2D eigenvalue weighted by Crippen LogP contribution is 2.33. The number of hydrogen-bond donors (Lipinski definition) is 2. The van der Waals surface area contributed by atoms with Crippen molar-refractivity contribution in [1.82, 2.24) is 14.9 Å². The number of nitrogens with zero attached hydrogens (tertiary/aromatic N) is 2. The van der Waals surface area contributed by atoms with Gasteiger partial charge in [-0.1, -0.05) is 30.3 Å². The minimum Gasteiger partial charge on any atom is -0.480 e.